The molecular formula is C25H32F2N2O3. The predicted molar refractivity (Wildman–Crippen MR) is 122 cm³/mol. The maximum absolute atomic E-state index is 13.5. The molecule has 1 aliphatic heterocycles. The quantitative estimate of drug-likeness (QED) is 0.286. The molecule has 174 valence electrons. The van der Waals surface area contributed by atoms with Crippen molar-refractivity contribution in [2.45, 2.75) is 52.6 Å². The summed E-state index contributed by atoms with van der Waals surface area (Å²) in [6.07, 6.45) is 9.22. The van der Waals surface area contributed by atoms with E-state index < -0.39 is 18.5 Å². The smallest absolute Gasteiger partial charge is 0.337 e. The molecular weight excluding hydrogens is 414 g/mol. The molecule has 1 aromatic carbocycles. The fraction of sp³-hybridized carbons (Fsp3) is 0.400. The number of ether oxygens (including phenoxy) is 2. The first-order valence-electron chi connectivity index (χ1n) is 10.7. The summed E-state index contributed by atoms with van der Waals surface area (Å²) in [5, 5.41) is 1.87. The van der Waals surface area contributed by atoms with E-state index in [1.807, 2.05) is 61.5 Å². The minimum absolute atomic E-state index is 0.233. The molecule has 0 aromatic heterocycles. The van der Waals surface area contributed by atoms with Crippen LogP contribution in [0, 0.1) is 6.92 Å². The Morgan fingerprint density at radius 3 is 2.69 bits per heavy atom. The third-order valence-electron chi connectivity index (χ3n) is 4.96. The summed E-state index contributed by atoms with van der Waals surface area (Å²) in [4.78, 5) is 12.2. The molecule has 0 saturated heterocycles. The molecule has 2 rings (SSSR count). The highest BCUT2D eigenvalue weighted by atomic mass is 19.3. The summed E-state index contributed by atoms with van der Waals surface area (Å²) in [5.74, 6) is -2.86. The Labute approximate surface area is 189 Å². The van der Waals surface area contributed by atoms with Gasteiger partial charge in [-0.15, -0.1) is 0 Å². The average molecular weight is 447 g/mol. The Balaban J connectivity index is 2.14. The number of hydrazine groups is 1. The molecule has 1 atom stereocenters. The van der Waals surface area contributed by atoms with E-state index in [0.717, 1.165) is 16.7 Å². The molecule has 0 fully saturated rings. The lowest BCUT2D eigenvalue weighted by molar-refractivity contribution is -0.138. The van der Waals surface area contributed by atoms with Crippen LogP contribution in [0.15, 0.2) is 66.4 Å². The van der Waals surface area contributed by atoms with Gasteiger partial charge in [0.15, 0.2) is 6.61 Å². The summed E-state index contributed by atoms with van der Waals surface area (Å²) in [6.45, 7) is 11.0. The van der Waals surface area contributed by atoms with Gasteiger partial charge in [0.1, 0.15) is 5.75 Å². The van der Waals surface area contributed by atoms with Gasteiger partial charge in [-0.1, -0.05) is 49.9 Å². The Morgan fingerprint density at radius 2 is 2.06 bits per heavy atom. The zero-order valence-corrected chi connectivity index (χ0v) is 19.2. The van der Waals surface area contributed by atoms with Crippen LogP contribution < -0.4 is 10.2 Å². The van der Waals surface area contributed by atoms with Gasteiger partial charge in [0, 0.05) is 18.2 Å². The van der Waals surface area contributed by atoms with Gasteiger partial charge in [0.05, 0.1) is 24.8 Å². The van der Waals surface area contributed by atoms with E-state index >= 15 is 0 Å². The topological polar surface area (TPSA) is 50.8 Å². The van der Waals surface area contributed by atoms with Crippen LogP contribution >= 0.6 is 0 Å². The largest absolute Gasteiger partial charge is 0.487 e. The predicted octanol–water partition coefficient (Wildman–Crippen LogP) is 5.24. The Hall–Kier alpha value is -2.93. The first kappa shape index (κ1) is 25.3. The number of aryl methyl sites for hydroxylation is 1. The number of allylic oxidation sites excluding steroid dienone is 3. The Morgan fingerprint density at radius 1 is 1.31 bits per heavy atom. The number of esters is 1. The van der Waals surface area contributed by atoms with Crippen molar-refractivity contribution in [2.24, 2.45) is 0 Å². The molecule has 0 amide bonds. The molecule has 5 nitrogen and oxygen atoms in total. The summed E-state index contributed by atoms with van der Waals surface area (Å²) in [7, 11) is 0. The van der Waals surface area contributed by atoms with Crippen LogP contribution in [-0.4, -0.2) is 36.2 Å². The SMILES string of the molecule is C=C(C(=O)OCC)C1=CN(Cc2ccc(OCC(F)(F)CC)c(C)c2)NC1/C=C\C=C\C. The minimum atomic E-state index is -2.84. The van der Waals surface area contributed by atoms with E-state index in [1.54, 1.807) is 13.0 Å². The van der Waals surface area contributed by atoms with E-state index in [0.29, 0.717) is 17.9 Å². The Bertz CT molecular complexity index is 906. The number of rotatable bonds is 11. The van der Waals surface area contributed by atoms with Crippen LogP contribution in [0.3, 0.4) is 0 Å². The van der Waals surface area contributed by atoms with Crippen molar-refractivity contribution < 1.29 is 23.0 Å². The van der Waals surface area contributed by atoms with Crippen LogP contribution in [0.25, 0.3) is 0 Å². The second-order valence-corrected chi connectivity index (χ2v) is 7.53. The van der Waals surface area contributed by atoms with Crippen molar-refractivity contribution in [3.8, 4) is 5.75 Å². The maximum atomic E-state index is 13.5. The number of benzene rings is 1. The fourth-order valence-corrected chi connectivity index (χ4v) is 3.11. The maximum Gasteiger partial charge on any atom is 0.337 e. The molecule has 1 unspecified atom stereocenters. The fourth-order valence-electron chi connectivity index (χ4n) is 3.11. The lowest BCUT2D eigenvalue weighted by atomic mass is 10.0. The molecule has 0 spiro atoms. The molecule has 0 radical (unpaired) electrons. The molecule has 0 saturated carbocycles. The molecule has 1 N–H and O–H groups in total. The lowest BCUT2D eigenvalue weighted by Gasteiger charge is -2.20. The van der Waals surface area contributed by atoms with Gasteiger partial charge in [-0.25, -0.2) is 19.0 Å². The van der Waals surface area contributed by atoms with Crippen LogP contribution in [0.2, 0.25) is 0 Å². The molecule has 7 heteroatoms. The van der Waals surface area contributed by atoms with Crippen molar-refractivity contribution in [3.05, 3.63) is 77.6 Å². The van der Waals surface area contributed by atoms with Gasteiger partial charge >= 0.3 is 5.97 Å². The van der Waals surface area contributed by atoms with Gasteiger partial charge < -0.3 is 14.5 Å². The molecule has 0 aliphatic carbocycles. The number of carbonyl (C=O) groups is 1. The van der Waals surface area contributed by atoms with Gasteiger partial charge in [-0.2, -0.15) is 0 Å². The molecule has 32 heavy (non-hydrogen) atoms. The highest BCUT2D eigenvalue weighted by Gasteiger charge is 2.28. The third kappa shape index (κ3) is 7.05. The number of alkyl halides is 2. The zero-order valence-electron chi connectivity index (χ0n) is 19.2. The van der Waals surface area contributed by atoms with E-state index in [4.69, 9.17) is 9.47 Å². The van der Waals surface area contributed by atoms with E-state index in [-0.39, 0.29) is 19.1 Å². The number of nitrogens with zero attached hydrogens (tertiary/aromatic N) is 1. The standard InChI is InChI=1S/C25H32F2N2O3/c1-6-9-10-11-22-21(19(5)24(30)31-8-3)16-29(28-22)15-20-12-13-23(18(4)14-20)32-17-25(26,27)7-2/h6,9-14,16,22,28H,5,7-8,15,17H2,1-4H3/b9-6+,11-10-. The number of halogens is 2. The van der Waals surface area contributed by atoms with Crippen LogP contribution in [0.1, 0.15) is 38.3 Å². The van der Waals surface area contributed by atoms with Crippen molar-refractivity contribution in [2.75, 3.05) is 13.2 Å². The van der Waals surface area contributed by atoms with Crippen molar-refractivity contribution >= 4 is 5.97 Å². The summed E-state index contributed by atoms with van der Waals surface area (Å²) >= 11 is 0. The van der Waals surface area contributed by atoms with Crippen LogP contribution in [0.5, 0.6) is 5.75 Å². The summed E-state index contributed by atoms with van der Waals surface area (Å²) < 4.78 is 37.4. The van der Waals surface area contributed by atoms with Crippen LogP contribution in [0.4, 0.5) is 8.78 Å². The molecule has 1 heterocycles. The normalized spacial score (nSPS) is 16.6. The molecule has 1 aromatic rings. The van der Waals surface area contributed by atoms with E-state index in [2.05, 4.69) is 12.0 Å². The second-order valence-electron chi connectivity index (χ2n) is 7.53. The van der Waals surface area contributed by atoms with Crippen molar-refractivity contribution in [3.63, 3.8) is 0 Å². The summed E-state index contributed by atoms with van der Waals surface area (Å²) in [5.41, 5.74) is 6.09. The van der Waals surface area contributed by atoms with E-state index in [9.17, 15) is 13.6 Å². The minimum Gasteiger partial charge on any atom is -0.487 e. The number of hydrogen-bond acceptors (Lipinski definition) is 5. The number of carbonyl (C=O) groups excluding carboxylic acids is 1. The first-order valence-corrected chi connectivity index (χ1v) is 10.7. The Kier molecular flexibility index (Phi) is 9.20. The highest BCUT2D eigenvalue weighted by Crippen LogP contribution is 2.26. The van der Waals surface area contributed by atoms with Crippen molar-refractivity contribution in [1.82, 2.24) is 10.4 Å². The second kappa shape index (κ2) is 11.6. The first-order chi connectivity index (χ1) is 15.2. The van der Waals surface area contributed by atoms with Gasteiger partial charge in [0.2, 0.25) is 0 Å². The highest BCUT2D eigenvalue weighted by molar-refractivity contribution is 5.93. The van der Waals surface area contributed by atoms with Gasteiger partial charge in [0.25, 0.3) is 5.92 Å². The summed E-state index contributed by atoms with van der Waals surface area (Å²) in [6, 6.07) is 5.21. The zero-order chi connectivity index (χ0) is 23.7. The van der Waals surface area contributed by atoms with Gasteiger partial charge in [-0.3, -0.25) is 0 Å². The van der Waals surface area contributed by atoms with E-state index in [1.165, 1.54) is 6.92 Å². The molecule has 0 bridgehead atoms. The van der Waals surface area contributed by atoms with Crippen LogP contribution in [-0.2, 0) is 16.1 Å². The lowest BCUT2D eigenvalue weighted by Crippen LogP contribution is -2.35. The average Bonchev–Trinajstić information content (AvgIpc) is 3.15. The number of nitrogens with one attached hydrogen (secondary N) is 1. The monoisotopic (exact) mass is 446 g/mol. The third-order valence-corrected chi connectivity index (χ3v) is 4.96. The molecule has 1 aliphatic rings. The number of hydrogen-bond donors (Lipinski definition) is 1. The van der Waals surface area contributed by atoms with Crippen molar-refractivity contribution in [1.29, 1.82) is 0 Å². The van der Waals surface area contributed by atoms with Gasteiger partial charge in [-0.05, 0) is 38.0 Å².